The van der Waals surface area contributed by atoms with E-state index in [0.717, 1.165) is 6.42 Å². The first-order chi connectivity index (χ1) is 6.33. The molecule has 0 saturated carbocycles. The Kier molecular flexibility index (Phi) is 5.34. The van der Waals surface area contributed by atoms with Gasteiger partial charge in [0, 0.05) is 10.7 Å². The van der Waals surface area contributed by atoms with Crippen molar-refractivity contribution in [3.05, 3.63) is 33.4 Å². The summed E-state index contributed by atoms with van der Waals surface area (Å²) in [7, 11) is 1.63. The molecule has 72 valence electrons. The highest BCUT2D eigenvalue weighted by Crippen LogP contribution is 2.07. The molecule has 0 N–H and O–H groups in total. The zero-order valence-electron chi connectivity index (χ0n) is 7.63. The van der Waals surface area contributed by atoms with Gasteiger partial charge in [-0.25, -0.2) is 0 Å². The maximum Gasteiger partial charge on any atom is 0.146 e. The summed E-state index contributed by atoms with van der Waals surface area (Å²) in [6, 6.07) is 8.45. The molecule has 0 heterocycles. The van der Waals surface area contributed by atoms with Crippen LogP contribution in [0.4, 0.5) is 0 Å². The highest BCUT2D eigenvalue weighted by atomic mass is 127. The fourth-order valence-corrected chi connectivity index (χ4v) is 1.34. The van der Waals surface area contributed by atoms with E-state index in [2.05, 4.69) is 46.9 Å². The van der Waals surface area contributed by atoms with Crippen molar-refractivity contribution in [3.8, 4) is 0 Å². The maximum atomic E-state index is 5.19. The topological polar surface area (TPSA) is 18.5 Å². The van der Waals surface area contributed by atoms with Crippen LogP contribution in [0.2, 0.25) is 0 Å². The van der Waals surface area contributed by atoms with Gasteiger partial charge in [-0.1, -0.05) is 12.1 Å². The van der Waals surface area contributed by atoms with E-state index in [1.54, 1.807) is 7.11 Å². The lowest BCUT2D eigenvalue weighted by Crippen LogP contribution is -2.01. The minimum absolute atomic E-state index is 0.379. The Bertz CT molecular complexity index is 233. The summed E-state index contributed by atoms with van der Waals surface area (Å²) in [6.45, 7) is 1.10. The van der Waals surface area contributed by atoms with Gasteiger partial charge in [-0.05, 0) is 46.7 Å². The zero-order valence-corrected chi connectivity index (χ0v) is 9.78. The van der Waals surface area contributed by atoms with Gasteiger partial charge >= 0.3 is 0 Å². The van der Waals surface area contributed by atoms with Gasteiger partial charge in [0.1, 0.15) is 6.79 Å². The van der Waals surface area contributed by atoms with Crippen LogP contribution in [0, 0.1) is 3.57 Å². The minimum atomic E-state index is 0.379. The second kappa shape index (κ2) is 6.34. The van der Waals surface area contributed by atoms with Gasteiger partial charge in [0.15, 0.2) is 0 Å². The molecule has 0 aromatic heterocycles. The second-order valence-corrected chi connectivity index (χ2v) is 3.94. The van der Waals surface area contributed by atoms with Gasteiger partial charge in [-0.15, -0.1) is 0 Å². The lowest BCUT2D eigenvalue weighted by atomic mass is 10.2. The number of methoxy groups -OCH3 is 1. The number of ether oxygens (including phenoxy) is 2. The SMILES string of the molecule is COCOCCc1ccc(I)cc1. The number of rotatable bonds is 5. The Balaban J connectivity index is 2.25. The van der Waals surface area contributed by atoms with Crippen molar-refractivity contribution in [1.29, 1.82) is 0 Å². The second-order valence-electron chi connectivity index (χ2n) is 2.69. The average molecular weight is 292 g/mol. The smallest absolute Gasteiger partial charge is 0.146 e. The van der Waals surface area contributed by atoms with Crippen LogP contribution < -0.4 is 0 Å². The monoisotopic (exact) mass is 292 g/mol. The summed E-state index contributed by atoms with van der Waals surface area (Å²) < 4.78 is 11.2. The number of hydrogen-bond acceptors (Lipinski definition) is 2. The van der Waals surface area contributed by atoms with E-state index in [1.807, 2.05) is 0 Å². The van der Waals surface area contributed by atoms with Crippen molar-refractivity contribution in [1.82, 2.24) is 0 Å². The summed E-state index contributed by atoms with van der Waals surface area (Å²) in [6.07, 6.45) is 0.945. The van der Waals surface area contributed by atoms with E-state index in [4.69, 9.17) is 9.47 Å². The Morgan fingerprint density at radius 1 is 1.23 bits per heavy atom. The summed E-state index contributed by atoms with van der Waals surface area (Å²) in [5, 5.41) is 0. The third kappa shape index (κ3) is 4.59. The first-order valence-electron chi connectivity index (χ1n) is 4.14. The molecule has 2 nitrogen and oxygen atoms in total. The van der Waals surface area contributed by atoms with E-state index < -0.39 is 0 Å². The Morgan fingerprint density at radius 3 is 2.54 bits per heavy atom. The van der Waals surface area contributed by atoms with E-state index in [9.17, 15) is 0 Å². The molecular weight excluding hydrogens is 279 g/mol. The molecular formula is C10H13IO2. The van der Waals surface area contributed by atoms with Crippen LogP contribution in [-0.2, 0) is 15.9 Å². The van der Waals surface area contributed by atoms with Gasteiger partial charge in [0.25, 0.3) is 0 Å². The maximum absolute atomic E-state index is 5.19. The third-order valence-electron chi connectivity index (χ3n) is 1.65. The van der Waals surface area contributed by atoms with Gasteiger partial charge in [0.05, 0.1) is 6.61 Å². The predicted octanol–water partition coefficient (Wildman–Crippen LogP) is 2.45. The molecule has 13 heavy (non-hydrogen) atoms. The van der Waals surface area contributed by atoms with E-state index in [1.165, 1.54) is 9.13 Å². The predicted molar refractivity (Wildman–Crippen MR) is 60.7 cm³/mol. The largest absolute Gasteiger partial charge is 0.359 e. The molecule has 0 spiro atoms. The third-order valence-corrected chi connectivity index (χ3v) is 2.37. The molecule has 0 radical (unpaired) electrons. The molecule has 0 aliphatic carbocycles. The summed E-state index contributed by atoms with van der Waals surface area (Å²) in [5.74, 6) is 0. The van der Waals surface area contributed by atoms with E-state index >= 15 is 0 Å². The molecule has 0 fully saturated rings. The number of benzene rings is 1. The fourth-order valence-electron chi connectivity index (χ4n) is 0.983. The Morgan fingerprint density at radius 2 is 1.92 bits per heavy atom. The van der Waals surface area contributed by atoms with Crippen molar-refractivity contribution < 1.29 is 9.47 Å². The molecule has 0 atom stereocenters. The molecule has 0 saturated heterocycles. The fraction of sp³-hybridized carbons (Fsp3) is 0.400. The van der Waals surface area contributed by atoms with Crippen LogP contribution in [-0.4, -0.2) is 20.5 Å². The summed E-state index contributed by atoms with van der Waals surface area (Å²) in [4.78, 5) is 0. The Hall–Kier alpha value is -0.130. The highest BCUT2D eigenvalue weighted by molar-refractivity contribution is 14.1. The molecule has 0 aliphatic rings. The van der Waals surface area contributed by atoms with Crippen LogP contribution in [0.25, 0.3) is 0 Å². The first-order valence-corrected chi connectivity index (χ1v) is 5.22. The van der Waals surface area contributed by atoms with Crippen LogP contribution in [0.3, 0.4) is 0 Å². The lowest BCUT2D eigenvalue weighted by Gasteiger charge is -2.02. The average Bonchev–Trinajstić information content (AvgIpc) is 2.15. The van der Waals surface area contributed by atoms with Crippen molar-refractivity contribution in [2.75, 3.05) is 20.5 Å². The normalized spacial score (nSPS) is 10.3. The molecule has 0 unspecified atom stereocenters. The van der Waals surface area contributed by atoms with Crippen molar-refractivity contribution >= 4 is 22.6 Å². The Labute approximate surface area is 92.4 Å². The first kappa shape index (κ1) is 10.9. The highest BCUT2D eigenvalue weighted by Gasteiger charge is 1.92. The standard InChI is InChI=1S/C10H13IO2/c1-12-8-13-7-6-9-2-4-10(11)5-3-9/h2-5H,6-8H2,1H3. The lowest BCUT2D eigenvalue weighted by molar-refractivity contribution is -0.0291. The van der Waals surface area contributed by atoms with Crippen LogP contribution in [0.5, 0.6) is 0 Å². The molecule has 1 aromatic rings. The van der Waals surface area contributed by atoms with Gasteiger partial charge in [-0.2, -0.15) is 0 Å². The number of hydrogen-bond donors (Lipinski definition) is 0. The quantitative estimate of drug-likeness (QED) is 0.471. The zero-order chi connectivity index (χ0) is 9.52. The van der Waals surface area contributed by atoms with Crippen LogP contribution in [0.15, 0.2) is 24.3 Å². The minimum Gasteiger partial charge on any atom is -0.359 e. The molecule has 0 aliphatic heterocycles. The van der Waals surface area contributed by atoms with Crippen molar-refractivity contribution in [2.45, 2.75) is 6.42 Å². The van der Waals surface area contributed by atoms with Gasteiger partial charge < -0.3 is 9.47 Å². The van der Waals surface area contributed by atoms with E-state index in [-0.39, 0.29) is 0 Å². The van der Waals surface area contributed by atoms with Gasteiger partial charge in [-0.3, -0.25) is 0 Å². The van der Waals surface area contributed by atoms with Gasteiger partial charge in [0.2, 0.25) is 0 Å². The van der Waals surface area contributed by atoms with Crippen molar-refractivity contribution in [2.24, 2.45) is 0 Å². The van der Waals surface area contributed by atoms with Crippen LogP contribution >= 0.6 is 22.6 Å². The van der Waals surface area contributed by atoms with E-state index in [0.29, 0.717) is 13.4 Å². The molecule has 3 heteroatoms. The summed E-state index contributed by atoms with van der Waals surface area (Å²) >= 11 is 2.30. The molecule has 1 aromatic carbocycles. The summed E-state index contributed by atoms with van der Waals surface area (Å²) in [5.41, 5.74) is 1.30. The molecule has 1 rings (SSSR count). The number of halogens is 1. The van der Waals surface area contributed by atoms with Crippen molar-refractivity contribution in [3.63, 3.8) is 0 Å². The molecule has 0 amide bonds. The van der Waals surface area contributed by atoms with Crippen LogP contribution in [0.1, 0.15) is 5.56 Å². The molecule has 0 bridgehead atoms.